The molecule has 0 unspecified atom stereocenters. The lowest BCUT2D eigenvalue weighted by molar-refractivity contribution is -0.0326. The molecule has 0 heterocycles. The maximum Gasteiger partial charge on any atom is 0.442 e. The summed E-state index contributed by atoms with van der Waals surface area (Å²) in [4.78, 5) is 0. The molecule has 0 aliphatic heterocycles. The fourth-order valence-corrected chi connectivity index (χ4v) is 1.30. The Morgan fingerprint density at radius 3 is 2.44 bits per heavy atom. The minimum atomic E-state index is -4.22. The summed E-state index contributed by atoms with van der Waals surface area (Å²) in [5.41, 5.74) is -3.19. The zero-order valence-corrected chi connectivity index (χ0v) is 9.16. The third-order valence-electron chi connectivity index (χ3n) is 1.57. The molecule has 16 heavy (non-hydrogen) atoms. The first-order valence-electron chi connectivity index (χ1n) is 4.43. The van der Waals surface area contributed by atoms with Crippen molar-refractivity contribution in [2.24, 2.45) is 0 Å². The fraction of sp³-hybridized carbons (Fsp3) is 0.167. The predicted octanol–water partition coefficient (Wildman–Crippen LogP) is 3.85. The topological polar surface area (TPSA) is 0 Å². The van der Waals surface area contributed by atoms with Gasteiger partial charge in [-0.05, 0) is 23.9 Å². The predicted molar refractivity (Wildman–Crippen MR) is 61.0 cm³/mol. The first-order valence-corrected chi connectivity index (χ1v) is 5.41. The SMILES string of the molecule is C=C(C#Cc1ccccc1)CSC(F)(F)F. The second-order valence-corrected chi connectivity index (χ2v) is 3.99. The number of rotatable bonds is 2. The van der Waals surface area contributed by atoms with Crippen molar-refractivity contribution < 1.29 is 13.2 Å². The molecular formula is C12H9F3S. The van der Waals surface area contributed by atoms with E-state index >= 15 is 0 Å². The molecule has 0 aliphatic carbocycles. The Kier molecular flexibility index (Phi) is 4.51. The van der Waals surface area contributed by atoms with Crippen LogP contribution in [0.15, 0.2) is 42.5 Å². The average Bonchev–Trinajstić information content (AvgIpc) is 2.24. The Bertz CT molecular complexity index is 409. The largest absolute Gasteiger partial charge is 0.442 e. The summed E-state index contributed by atoms with van der Waals surface area (Å²) in [5, 5.41) is 0. The maximum absolute atomic E-state index is 11.9. The summed E-state index contributed by atoms with van der Waals surface area (Å²) >= 11 is -0.125. The van der Waals surface area contributed by atoms with Gasteiger partial charge in [0.05, 0.1) is 0 Å². The van der Waals surface area contributed by atoms with Crippen LogP contribution in [0.5, 0.6) is 0 Å². The van der Waals surface area contributed by atoms with Crippen LogP contribution in [0, 0.1) is 11.8 Å². The van der Waals surface area contributed by atoms with E-state index in [1.165, 1.54) is 0 Å². The lowest BCUT2D eigenvalue weighted by Crippen LogP contribution is -2.01. The maximum atomic E-state index is 11.9. The molecule has 0 amide bonds. The Hall–Kier alpha value is -1.34. The second kappa shape index (κ2) is 5.66. The van der Waals surface area contributed by atoms with Gasteiger partial charge in [0.2, 0.25) is 0 Å². The Morgan fingerprint density at radius 1 is 1.25 bits per heavy atom. The van der Waals surface area contributed by atoms with E-state index in [-0.39, 0.29) is 23.1 Å². The van der Waals surface area contributed by atoms with E-state index in [2.05, 4.69) is 18.4 Å². The number of thioether (sulfide) groups is 1. The molecule has 0 fully saturated rings. The van der Waals surface area contributed by atoms with Gasteiger partial charge in [0.15, 0.2) is 0 Å². The van der Waals surface area contributed by atoms with Crippen LogP contribution in [0.25, 0.3) is 0 Å². The van der Waals surface area contributed by atoms with Crippen molar-refractivity contribution in [1.82, 2.24) is 0 Å². The Labute approximate surface area is 96.6 Å². The number of hydrogen-bond donors (Lipinski definition) is 0. The third kappa shape index (κ3) is 5.52. The molecule has 0 radical (unpaired) electrons. The summed E-state index contributed by atoms with van der Waals surface area (Å²) in [6, 6.07) is 9.06. The zero-order valence-electron chi connectivity index (χ0n) is 8.34. The van der Waals surface area contributed by atoms with Gasteiger partial charge in [0.25, 0.3) is 0 Å². The molecule has 4 heteroatoms. The summed E-state index contributed by atoms with van der Waals surface area (Å²) in [7, 11) is 0. The Morgan fingerprint density at radius 2 is 1.88 bits per heavy atom. The lowest BCUT2D eigenvalue weighted by atomic mass is 10.2. The van der Waals surface area contributed by atoms with Crippen LogP contribution in [-0.4, -0.2) is 11.3 Å². The fourth-order valence-electron chi connectivity index (χ4n) is 0.887. The zero-order chi connectivity index (χ0) is 12.0. The molecule has 0 nitrogen and oxygen atoms in total. The van der Waals surface area contributed by atoms with Gasteiger partial charge >= 0.3 is 5.51 Å². The normalized spacial score (nSPS) is 10.4. The van der Waals surface area contributed by atoms with Gasteiger partial charge in [0.1, 0.15) is 0 Å². The van der Waals surface area contributed by atoms with Crippen LogP contribution in [0.1, 0.15) is 5.56 Å². The molecule has 0 saturated heterocycles. The Balaban J connectivity index is 2.50. The molecule has 0 bridgehead atoms. The van der Waals surface area contributed by atoms with Gasteiger partial charge in [-0.25, -0.2) is 0 Å². The molecule has 1 aromatic rings. The van der Waals surface area contributed by atoms with Crippen molar-refractivity contribution in [3.8, 4) is 11.8 Å². The number of alkyl halides is 3. The average molecular weight is 242 g/mol. The van der Waals surface area contributed by atoms with Crippen LogP contribution in [0.2, 0.25) is 0 Å². The van der Waals surface area contributed by atoms with E-state index < -0.39 is 5.51 Å². The summed E-state index contributed by atoms with van der Waals surface area (Å²) in [6.07, 6.45) is 0. The molecule has 0 saturated carbocycles. The van der Waals surface area contributed by atoms with E-state index in [1.807, 2.05) is 18.2 Å². The monoisotopic (exact) mass is 242 g/mol. The molecule has 1 aromatic carbocycles. The van der Waals surface area contributed by atoms with E-state index in [1.54, 1.807) is 12.1 Å². The minimum Gasteiger partial charge on any atom is -0.160 e. The van der Waals surface area contributed by atoms with Gasteiger partial charge in [-0.3, -0.25) is 0 Å². The van der Waals surface area contributed by atoms with Crippen LogP contribution in [0.3, 0.4) is 0 Å². The van der Waals surface area contributed by atoms with E-state index in [4.69, 9.17) is 0 Å². The number of hydrogen-bond acceptors (Lipinski definition) is 1. The molecule has 84 valence electrons. The molecule has 0 N–H and O–H groups in total. The smallest absolute Gasteiger partial charge is 0.160 e. The number of halogens is 3. The van der Waals surface area contributed by atoms with Gasteiger partial charge in [-0.2, -0.15) is 13.2 Å². The quantitative estimate of drug-likeness (QED) is 0.710. The molecule has 0 aromatic heterocycles. The van der Waals surface area contributed by atoms with Gasteiger partial charge in [0, 0.05) is 16.9 Å². The standard InChI is InChI=1S/C12H9F3S/c1-10(9-16-12(13,14)15)7-8-11-5-3-2-4-6-11/h2-6H,1,9H2. The van der Waals surface area contributed by atoms with Crippen LogP contribution >= 0.6 is 11.8 Å². The van der Waals surface area contributed by atoms with E-state index in [0.717, 1.165) is 5.56 Å². The van der Waals surface area contributed by atoms with Gasteiger partial charge < -0.3 is 0 Å². The van der Waals surface area contributed by atoms with Gasteiger partial charge in [-0.15, -0.1) is 0 Å². The second-order valence-electron chi connectivity index (χ2n) is 2.95. The summed E-state index contributed by atoms with van der Waals surface area (Å²) < 4.78 is 35.6. The van der Waals surface area contributed by atoms with Crippen molar-refractivity contribution in [1.29, 1.82) is 0 Å². The highest BCUT2D eigenvalue weighted by Gasteiger charge is 2.27. The van der Waals surface area contributed by atoms with Crippen LogP contribution < -0.4 is 0 Å². The van der Waals surface area contributed by atoms with Gasteiger partial charge in [-0.1, -0.05) is 36.6 Å². The highest BCUT2D eigenvalue weighted by atomic mass is 32.2. The van der Waals surface area contributed by atoms with Crippen molar-refractivity contribution in [2.75, 3.05) is 5.75 Å². The lowest BCUT2D eigenvalue weighted by Gasteiger charge is -2.03. The first-order chi connectivity index (χ1) is 7.47. The first kappa shape index (κ1) is 12.7. The van der Waals surface area contributed by atoms with Crippen molar-refractivity contribution in [2.45, 2.75) is 5.51 Å². The third-order valence-corrected chi connectivity index (χ3v) is 2.39. The van der Waals surface area contributed by atoms with E-state index in [0.29, 0.717) is 0 Å². The van der Waals surface area contributed by atoms with Crippen LogP contribution in [-0.2, 0) is 0 Å². The van der Waals surface area contributed by atoms with E-state index in [9.17, 15) is 13.2 Å². The highest BCUT2D eigenvalue weighted by Crippen LogP contribution is 2.31. The molecule has 0 aliphatic rings. The van der Waals surface area contributed by atoms with Crippen molar-refractivity contribution >= 4 is 11.8 Å². The van der Waals surface area contributed by atoms with Crippen LogP contribution in [0.4, 0.5) is 13.2 Å². The highest BCUT2D eigenvalue weighted by molar-refractivity contribution is 8.00. The molecule has 1 rings (SSSR count). The number of benzene rings is 1. The van der Waals surface area contributed by atoms with Crippen molar-refractivity contribution in [3.63, 3.8) is 0 Å². The van der Waals surface area contributed by atoms with Crippen molar-refractivity contribution in [3.05, 3.63) is 48.0 Å². The summed E-state index contributed by atoms with van der Waals surface area (Å²) in [6.45, 7) is 3.48. The minimum absolute atomic E-state index is 0.125. The summed E-state index contributed by atoms with van der Waals surface area (Å²) in [5.74, 6) is 5.14. The molecular weight excluding hydrogens is 233 g/mol. The molecule has 0 atom stereocenters. The molecule has 0 spiro atoms.